The average Bonchev–Trinajstić information content (AvgIpc) is 3.12. The molecule has 0 radical (unpaired) electrons. The molecule has 2 rings (SSSR count). The molecule has 0 aromatic heterocycles. The first kappa shape index (κ1) is 11.5. The first-order chi connectivity index (χ1) is 7.75. The first-order valence-electron chi connectivity index (χ1n) is 6.31. The van der Waals surface area contributed by atoms with Crippen LogP contribution in [0.4, 0.5) is 5.69 Å². The van der Waals surface area contributed by atoms with Crippen molar-refractivity contribution in [2.75, 3.05) is 24.5 Å². The molecule has 0 heterocycles. The zero-order valence-electron chi connectivity index (χ0n) is 10.4. The third kappa shape index (κ3) is 1.94. The fourth-order valence-electron chi connectivity index (χ4n) is 2.38. The molecule has 16 heavy (non-hydrogen) atoms. The van der Waals surface area contributed by atoms with E-state index in [1.807, 2.05) is 0 Å². The van der Waals surface area contributed by atoms with Gasteiger partial charge in [0.1, 0.15) is 0 Å². The van der Waals surface area contributed by atoms with E-state index >= 15 is 0 Å². The van der Waals surface area contributed by atoms with Crippen molar-refractivity contribution >= 4 is 5.69 Å². The van der Waals surface area contributed by atoms with Gasteiger partial charge in [0.15, 0.2) is 0 Å². The van der Waals surface area contributed by atoms with Crippen molar-refractivity contribution < 1.29 is 0 Å². The molecule has 0 amide bonds. The van der Waals surface area contributed by atoms with Crippen LogP contribution in [0.25, 0.3) is 0 Å². The smallest absolute Gasteiger partial charge is 0.0366 e. The van der Waals surface area contributed by atoms with E-state index in [0.717, 1.165) is 19.6 Å². The van der Waals surface area contributed by atoms with Crippen LogP contribution in [0, 0.1) is 0 Å². The molecule has 2 heteroatoms. The molecule has 1 saturated carbocycles. The summed E-state index contributed by atoms with van der Waals surface area (Å²) in [5.74, 6) is 0. The minimum atomic E-state index is 0.321. The summed E-state index contributed by atoms with van der Waals surface area (Å²) >= 11 is 0. The van der Waals surface area contributed by atoms with Gasteiger partial charge in [0.25, 0.3) is 0 Å². The fraction of sp³-hybridized carbons (Fsp3) is 0.571. The van der Waals surface area contributed by atoms with Crippen LogP contribution in [-0.4, -0.2) is 19.6 Å². The zero-order chi connectivity index (χ0) is 11.6. The van der Waals surface area contributed by atoms with Crippen LogP contribution in [0.5, 0.6) is 0 Å². The zero-order valence-corrected chi connectivity index (χ0v) is 10.4. The molecule has 1 fully saturated rings. The van der Waals surface area contributed by atoms with Crippen LogP contribution in [-0.2, 0) is 5.41 Å². The highest BCUT2D eigenvalue weighted by atomic mass is 15.1. The summed E-state index contributed by atoms with van der Waals surface area (Å²) in [6.07, 6.45) is 2.52. The van der Waals surface area contributed by atoms with E-state index in [1.165, 1.54) is 24.1 Å². The van der Waals surface area contributed by atoms with E-state index in [2.05, 4.69) is 43.0 Å². The maximum Gasteiger partial charge on any atom is 0.0366 e. The summed E-state index contributed by atoms with van der Waals surface area (Å²) in [6.45, 7) is 7.31. The van der Waals surface area contributed by atoms with Crippen molar-refractivity contribution in [1.29, 1.82) is 0 Å². The van der Waals surface area contributed by atoms with E-state index in [0.29, 0.717) is 5.41 Å². The van der Waals surface area contributed by atoms with E-state index in [4.69, 9.17) is 5.73 Å². The lowest BCUT2D eigenvalue weighted by molar-refractivity contribution is 0.704. The Morgan fingerprint density at radius 3 is 2.06 bits per heavy atom. The lowest BCUT2D eigenvalue weighted by Gasteiger charge is -2.22. The van der Waals surface area contributed by atoms with Crippen molar-refractivity contribution in [3.05, 3.63) is 29.8 Å². The second-order valence-corrected chi connectivity index (χ2v) is 4.70. The van der Waals surface area contributed by atoms with Crippen molar-refractivity contribution in [2.45, 2.75) is 32.1 Å². The number of anilines is 1. The van der Waals surface area contributed by atoms with Crippen molar-refractivity contribution in [2.24, 2.45) is 5.73 Å². The highest BCUT2D eigenvalue weighted by Crippen LogP contribution is 2.47. The Balaban J connectivity index is 2.16. The monoisotopic (exact) mass is 218 g/mol. The van der Waals surface area contributed by atoms with Crippen molar-refractivity contribution in [3.63, 3.8) is 0 Å². The Morgan fingerprint density at radius 2 is 1.69 bits per heavy atom. The van der Waals surface area contributed by atoms with Crippen LogP contribution >= 0.6 is 0 Å². The van der Waals surface area contributed by atoms with E-state index in [1.54, 1.807) is 0 Å². The molecule has 1 aromatic carbocycles. The molecule has 0 bridgehead atoms. The van der Waals surface area contributed by atoms with Gasteiger partial charge in [-0.3, -0.25) is 0 Å². The summed E-state index contributed by atoms with van der Waals surface area (Å²) < 4.78 is 0. The number of rotatable bonds is 5. The lowest BCUT2D eigenvalue weighted by atomic mass is 9.96. The number of benzene rings is 1. The number of hydrogen-bond donors (Lipinski definition) is 1. The van der Waals surface area contributed by atoms with Crippen LogP contribution in [0.2, 0.25) is 0 Å². The van der Waals surface area contributed by atoms with Crippen molar-refractivity contribution in [3.8, 4) is 0 Å². The van der Waals surface area contributed by atoms with Gasteiger partial charge < -0.3 is 10.6 Å². The second kappa shape index (κ2) is 4.46. The predicted octanol–water partition coefficient (Wildman–Crippen LogP) is 2.52. The molecule has 1 aliphatic carbocycles. The van der Waals surface area contributed by atoms with Gasteiger partial charge in [-0.2, -0.15) is 0 Å². The maximum atomic E-state index is 5.84. The third-order valence-corrected chi connectivity index (χ3v) is 3.85. The van der Waals surface area contributed by atoms with Gasteiger partial charge in [-0.15, -0.1) is 0 Å². The summed E-state index contributed by atoms with van der Waals surface area (Å²) in [5.41, 5.74) is 8.90. The highest BCUT2D eigenvalue weighted by molar-refractivity contribution is 5.49. The van der Waals surface area contributed by atoms with Gasteiger partial charge in [-0.05, 0) is 44.4 Å². The fourth-order valence-corrected chi connectivity index (χ4v) is 2.38. The molecule has 1 aromatic rings. The molecule has 88 valence electrons. The van der Waals surface area contributed by atoms with E-state index in [-0.39, 0.29) is 0 Å². The Bertz CT molecular complexity index is 334. The first-order valence-corrected chi connectivity index (χ1v) is 6.31. The molecule has 0 spiro atoms. The molecule has 1 aliphatic rings. The lowest BCUT2D eigenvalue weighted by Crippen LogP contribution is -2.22. The number of nitrogens with zero attached hydrogens (tertiary/aromatic N) is 1. The largest absolute Gasteiger partial charge is 0.372 e. The quantitative estimate of drug-likeness (QED) is 0.823. The highest BCUT2D eigenvalue weighted by Gasteiger charge is 2.42. The molecule has 0 saturated heterocycles. The van der Waals surface area contributed by atoms with Gasteiger partial charge in [0, 0.05) is 30.7 Å². The Hall–Kier alpha value is -1.02. The minimum absolute atomic E-state index is 0.321. The van der Waals surface area contributed by atoms with Gasteiger partial charge in [0.05, 0.1) is 0 Å². The van der Waals surface area contributed by atoms with Crippen LogP contribution in [0.1, 0.15) is 32.3 Å². The third-order valence-electron chi connectivity index (χ3n) is 3.85. The Kier molecular flexibility index (Phi) is 3.20. The summed E-state index contributed by atoms with van der Waals surface area (Å²) in [5, 5.41) is 0. The van der Waals surface area contributed by atoms with Crippen LogP contribution < -0.4 is 10.6 Å². The Labute approximate surface area is 98.4 Å². The maximum absolute atomic E-state index is 5.84. The van der Waals surface area contributed by atoms with Gasteiger partial charge in [-0.1, -0.05) is 12.1 Å². The topological polar surface area (TPSA) is 29.3 Å². The molecule has 0 atom stereocenters. The summed E-state index contributed by atoms with van der Waals surface area (Å²) in [7, 11) is 0. The van der Waals surface area contributed by atoms with Crippen LogP contribution in [0.3, 0.4) is 0 Å². The molecule has 2 nitrogen and oxygen atoms in total. The SMILES string of the molecule is CCN(CC)c1ccc(C2(CN)CC2)cc1. The van der Waals surface area contributed by atoms with Gasteiger partial charge in [0.2, 0.25) is 0 Å². The minimum Gasteiger partial charge on any atom is -0.372 e. The average molecular weight is 218 g/mol. The molecule has 2 N–H and O–H groups in total. The second-order valence-electron chi connectivity index (χ2n) is 4.70. The molecule has 0 aliphatic heterocycles. The molecular formula is C14H22N2. The van der Waals surface area contributed by atoms with E-state index in [9.17, 15) is 0 Å². The number of nitrogens with two attached hydrogens (primary N) is 1. The number of hydrogen-bond acceptors (Lipinski definition) is 2. The Morgan fingerprint density at radius 1 is 1.12 bits per heavy atom. The molecular weight excluding hydrogens is 196 g/mol. The normalized spacial score (nSPS) is 17.2. The summed E-state index contributed by atoms with van der Waals surface area (Å²) in [6, 6.07) is 8.98. The van der Waals surface area contributed by atoms with Crippen LogP contribution in [0.15, 0.2) is 24.3 Å². The standard InChI is InChI=1S/C14H22N2/c1-3-16(4-2)13-7-5-12(6-8-13)14(11-15)9-10-14/h5-8H,3-4,9-11,15H2,1-2H3. The predicted molar refractivity (Wildman–Crippen MR) is 70.0 cm³/mol. The van der Waals surface area contributed by atoms with Gasteiger partial charge >= 0.3 is 0 Å². The van der Waals surface area contributed by atoms with Crippen molar-refractivity contribution in [1.82, 2.24) is 0 Å². The summed E-state index contributed by atoms with van der Waals surface area (Å²) in [4.78, 5) is 2.37. The van der Waals surface area contributed by atoms with Gasteiger partial charge in [-0.25, -0.2) is 0 Å². The van der Waals surface area contributed by atoms with E-state index < -0.39 is 0 Å². The molecule has 0 unspecified atom stereocenters.